The molecule has 0 saturated carbocycles. The molecule has 1 aromatic carbocycles. The highest BCUT2D eigenvalue weighted by Gasteiger charge is 2.46. The Morgan fingerprint density at radius 2 is 1.92 bits per heavy atom. The van der Waals surface area contributed by atoms with E-state index in [1.165, 1.54) is 12.0 Å². The first-order chi connectivity index (χ1) is 17.3. The van der Waals surface area contributed by atoms with Gasteiger partial charge >= 0.3 is 0 Å². The molecule has 36 heavy (non-hydrogen) atoms. The minimum absolute atomic E-state index is 0.00668. The topological polar surface area (TPSA) is 103 Å². The Labute approximate surface area is 209 Å². The van der Waals surface area contributed by atoms with Crippen LogP contribution < -0.4 is 9.47 Å². The molecule has 1 amide bonds. The molecule has 1 fully saturated rings. The summed E-state index contributed by atoms with van der Waals surface area (Å²) in [6.07, 6.45) is 2.38. The number of methoxy groups -OCH3 is 2. The van der Waals surface area contributed by atoms with Crippen LogP contribution >= 0.6 is 0 Å². The van der Waals surface area contributed by atoms with E-state index in [9.17, 15) is 14.7 Å². The molecule has 1 aliphatic heterocycles. The van der Waals surface area contributed by atoms with Crippen LogP contribution in [0.1, 0.15) is 41.9 Å². The molecule has 0 radical (unpaired) electrons. The number of aliphatic hydroxyl groups excluding tert-OH is 1. The van der Waals surface area contributed by atoms with E-state index in [1.807, 2.05) is 43.5 Å². The molecule has 0 aliphatic carbocycles. The summed E-state index contributed by atoms with van der Waals surface area (Å²) >= 11 is 0. The molecular formula is C27H31N3O6. The quantitative estimate of drug-likeness (QED) is 0.209. The summed E-state index contributed by atoms with van der Waals surface area (Å²) in [6, 6.07) is 8.25. The third-order valence-corrected chi connectivity index (χ3v) is 6.40. The number of aliphatic hydroxyl groups is 1. The van der Waals surface area contributed by atoms with Crippen LogP contribution in [0.25, 0.3) is 11.4 Å². The summed E-state index contributed by atoms with van der Waals surface area (Å²) < 4.78 is 18.2. The van der Waals surface area contributed by atoms with E-state index in [-0.39, 0.29) is 23.6 Å². The first kappa shape index (κ1) is 25.2. The van der Waals surface area contributed by atoms with Gasteiger partial charge in [0.25, 0.3) is 11.7 Å². The smallest absolute Gasteiger partial charge is 0.295 e. The standard InChI is InChI=1S/C27H31N3O6/c1-6-36-19-11-10-18(15-20(19)35-5)23-21(25(32)27(33)30(23)13-8-14-34-4)24(31)22-17(3)29-12-7-9-16(2)26(29)28-22/h7,9-12,15,23,31H,6,8,13-14H2,1-5H3/b24-21+. The van der Waals surface area contributed by atoms with Crippen molar-refractivity contribution in [1.29, 1.82) is 0 Å². The highest BCUT2D eigenvalue weighted by molar-refractivity contribution is 6.46. The predicted molar refractivity (Wildman–Crippen MR) is 134 cm³/mol. The van der Waals surface area contributed by atoms with E-state index < -0.39 is 17.7 Å². The van der Waals surface area contributed by atoms with Crippen molar-refractivity contribution in [3.05, 3.63) is 64.6 Å². The number of hydrogen-bond acceptors (Lipinski definition) is 7. The van der Waals surface area contributed by atoms with Crippen LogP contribution in [0.4, 0.5) is 0 Å². The number of Topliss-reactive ketones (excluding diaryl/α,β-unsaturated/α-hetero) is 1. The summed E-state index contributed by atoms with van der Waals surface area (Å²) in [5.74, 6) is -0.719. The van der Waals surface area contributed by atoms with Crippen LogP contribution in [-0.4, -0.2) is 65.1 Å². The molecule has 1 aliphatic rings. The molecule has 0 bridgehead atoms. The number of aromatic nitrogens is 2. The molecule has 3 aromatic rings. The van der Waals surface area contributed by atoms with E-state index in [0.29, 0.717) is 48.0 Å². The number of likely N-dealkylation sites (tertiary alicyclic amines) is 1. The van der Waals surface area contributed by atoms with Gasteiger partial charge in [0.05, 0.1) is 31.0 Å². The van der Waals surface area contributed by atoms with Gasteiger partial charge in [-0.1, -0.05) is 12.1 Å². The van der Waals surface area contributed by atoms with Gasteiger partial charge < -0.3 is 28.6 Å². The lowest BCUT2D eigenvalue weighted by atomic mass is 9.96. The minimum Gasteiger partial charge on any atom is -0.505 e. The van der Waals surface area contributed by atoms with Gasteiger partial charge in [0.2, 0.25) is 0 Å². The van der Waals surface area contributed by atoms with E-state index in [1.54, 1.807) is 25.3 Å². The number of ketones is 1. The van der Waals surface area contributed by atoms with Gasteiger partial charge in [0.1, 0.15) is 11.3 Å². The van der Waals surface area contributed by atoms with E-state index in [4.69, 9.17) is 14.2 Å². The van der Waals surface area contributed by atoms with E-state index in [0.717, 1.165) is 5.56 Å². The Morgan fingerprint density at radius 3 is 2.58 bits per heavy atom. The Morgan fingerprint density at radius 1 is 1.14 bits per heavy atom. The van der Waals surface area contributed by atoms with Crippen molar-refractivity contribution >= 4 is 23.1 Å². The van der Waals surface area contributed by atoms with Crippen molar-refractivity contribution < 1.29 is 28.9 Å². The first-order valence-corrected chi connectivity index (χ1v) is 11.9. The fourth-order valence-electron chi connectivity index (χ4n) is 4.64. The molecule has 9 heteroatoms. The van der Waals surface area contributed by atoms with Crippen molar-refractivity contribution in [2.75, 3.05) is 34.0 Å². The second kappa shape index (κ2) is 10.4. The number of rotatable bonds is 9. The van der Waals surface area contributed by atoms with E-state index in [2.05, 4.69) is 4.98 Å². The van der Waals surface area contributed by atoms with Gasteiger partial charge in [-0.3, -0.25) is 9.59 Å². The number of benzene rings is 1. The van der Waals surface area contributed by atoms with Gasteiger partial charge in [-0.2, -0.15) is 0 Å². The first-order valence-electron chi connectivity index (χ1n) is 11.9. The number of carbonyl (C=O) groups is 2. The lowest BCUT2D eigenvalue weighted by molar-refractivity contribution is -0.140. The minimum atomic E-state index is -0.822. The highest BCUT2D eigenvalue weighted by atomic mass is 16.5. The number of pyridine rings is 1. The van der Waals surface area contributed by atoms with Crippen molar-refractivity contribution in [2.45, 2.75) is 33.2 Å². The summed E-state index contributed by atoms with van der Waals surface area (Å²) in [6.45, 7) is 6.77. The van der Waals surface area contributed by atoms with Gasteiger partial charge in [-0.25, -0.2) is 4.98 Å². The van der Waals surface area contributed by atoms with Crippen LogP contribution in [0, 0.1) is 13.8 Å². The molecule has 190 valence electrons. The van der Waals surface area contributed by atoms with Gasteiger partial charge in [0.15, 0.2) is 17.3 Å². The molecule has 9 nitrogen and oxygen atoms in total. The summed E-state index contributed by atoms with van der Waals surface area (Å²) in [5, 5.41) is 11.5. The fraction of sp³-hybridized carbons (Fsp3) is 0.370. The van der Waals surface area contributed by atoms with Crippen LogP contribution in [0.15, 0.2) is 42.1 Å². The highest BCUT2D eigenvalue weighted by Crippen LogP contribution is 2.42. The van der Waals surface area contributed by atoms with Crippen molar-refractivity contribution in [1.82, 2.24) is 14.3 Å². The third-order valence-electron chi connectivity index (χ3n) is 6.40. The Bertz CT molecular complexity index is 1340. The number of hydrogen-bond donors (Lipinski definition) is 1. The number of nitrogens with zero attached hydrogens (tertiary/aromatic N) is 3. The molecule has 0 spiro atoms. The molecule has 4 rings (SSSR count). The summed E-state index contributed by atoms with van der Waals surface area (Å²) in [7, 11) is 3.11. The molecule has 2 aromatic heterocycles. The largest absolute Gasteiger partial charge is 0.505 e. The average Bonchev–Trinajstić information content (AvgIpc) is 3.34. The number of aryl methyl sites for hydroxylation is 2. The maximum atomic E-state index is 13.3. The number of carbonyl (C=O) groups excluding carboxylic acids is 2. The van der Waals surface area contributed by atoms with Crippen molar-refractivity contribution in [2.24, 2.45) is 0 Å². The fourth-order valence-corrected chi connectivity index (χ4v) is 4.64. The Balaban J connectivity index is 1.91. The van der Waals surface area contributed by atoms with Gasteiger partial charge in [-0.15, -0.1) is 0 Å². The molecule has 1 N–H and O–H groups in total. The third kappa shape index (κ3) is 4.30. The van der Waals surface area contributed by atoms with Crippen LogP contribution in [-0.2, 0) is 14.3 Å². The predicted octanol–water partition coefficient (Wildman–Crippen LogP) is 3.82. The molecule has 1 unspecified atom stereocenters. The maximum absolute atomic E-state index is 13.3. The zero-order valence-corrected chi connectivity index (χ0v) is 21.2. The lowest BCUT2D eigenvalue weighted by Gasteiger charge is -2.26. The Kier molecular flexibility index (Phi) is 7.30. The molecule has 3 heterocycles. The molecule has 1 atom stereocenters. The number of amides is 1. The van der Waals surface area contributed by atoms with E-state index >= 15 is 0 Å². The molecular weight excluding hydrogens is 462 g/mol. The second-order valence-corrected chi connectivity index (χ2v) is 8.61. The zero-order chi connectivity index (χ0) is 26.0. The zero-order valence-electron chi connectivity index (χ0n) is 21.2. The monoisotopic (exact) mass is 493 g/mol. The van der Waals surface area contributed by atoms with Crippen molar-refractivity contribution in [3.8, 4) is 11.5 Å². The average molecular weight is 494 g/mol. The SMILES string of the molecule is CCOc1ccc(C2/C(=C(\O)c3nc4c(C)cccn4c3C)C(=O)C(=O)N2CCCOC)cc1OC. The van der Waals surface area contributed by atoms with Crippen LogP contribution in [0.2, 0.25) is 0 Å². The van der Waals surface area contributed by atoms with Crippen LogP contribution in [0.5, 0.6) is 11.5 Å². The normalized spacial score (nSPS) is 17.2. The lowest BCUT2D eigenvalue weighted by Crippen LogP contribution is -2.31. The number of ether oxygens (including phenoxy) is 3. The van der Waals surface area contributed by atoms with Gasteiger partial charge in [-0.05, 0) is 56.5 Å². The maximum Gasteiger partial charge on any atom is 0.295 e. The van der Waals surface area contributed by atoms with Crippen molar-refractivity contribution in [3.63, 3.8) is 0 Å². The molecule has 1 saturated heterocycles. The second-order valence-electron chi connectivity index (χ2n) is 8.61. The van der Waals surface area contributed by atoms with Gasteiger partial charge in [0, 0.05) is 26.5 Å². The van der Waals surface area contributed by atoms with Crippen LogP contribution in [0.3, 0.4) is 0 Å². The summed E-state index contributed by atoms with van der Waals surface area (Å²) in [4.78, 5) is 32.6. The number of imidazole rings is 1. The number of fused-ring (bicyclic) bond motifs is 1. The summed E-state index contributed by atoms with van der Waals surface area (Å²) in [5.41, 5.74) is 3.14. The Hall–Kier alpha value is -3.85.